The third-order valence-corrected chi connectivity index (χ3v) is 6.16. The van der Waals surface area contributed by atoms with E-state index in [1.165, 1.54) is 11.3 Å². The lowest BCUT2D eigenvalue weighted by atomic mass is 10.1. The van der Waals surface area contributed by atoms with E-state index < -0.39 is 5.25 Å². The van der Waals surface area contributed by atoms with Crippen LogP contribution in [0.15, 0.2) is 56.3 Å². The molecule has 1 aromatic carbocycles. The Morgan fingerprint density at radius 1 is 1.34 bits per heavy atom. The molecule has 4 aromatic rings. The highest BCUT2D eigenvalue weighted by atomic mass is 32.2. The molecular weight excluding hydrogens is 410 g/mol. The Bertz CT molecular complexity index is 1250. The highest BCUT2D eigenvalue weighted by molar-refractivity contribution is 8.00. The number of anilines is 1. The number of hydrogen-bond acceptors (Lipinski definition) is 8. The van der Waals surface area contributed by atoms with E-state index >= 15 is 0 Å². The van der Waals surface area contributed by atoms with Crippen molar-refractivity contribution in [2.75, 3.05) is 11.2 Å². The van der Waals surface area contributed by atoms with Gasteiger partial charge in [0, 0.05) is 17.0 Å². The molecule has 148 valence electrons. The normalized spacial score (nSPS) is 12.2. The minimum atomic E-state index is -0.556. The summed E-state index contributed by atoms with van der Waals surface area (Å²) >= 11 is 2.47. The van der Waals surface area contributed by atoms with E-state index in [1.807, 2.05) is 35.7 Å². The standard InChI is InChI=1S/C19H17N5O3S2/c1-10-8-14(23-27-10)21-16(25)11(2)29-19-22-17-15(18(26)24(19)20)13(9-28-17)12-6-4-3-5-7-12/h3-9,11H,20H2,1-2H3,(H,21,23,25). The molecule has 4 rings (SSSR count). The van der Waals surface area contributed by atoms with Crippen molar-refractivity contribution >= 4 is 45.0 Å². The predicted octanol–water partition coefficient (Wildman–Crippen LogP) is 3.25. The number of aryl methyl sites for hydroxylation is 1. The largest absolute Gasteiger partial charge is 0.360 e. The molecule has 0 spiro atoms. The molecule has 3 aromatic heterocycles. The summed E-state index contributed by atoms with van der Waals surface area (Å²) in [5.41, 5.74) is 1.37. The van der Waals surface area contributed by atoms with Crippen LogP contribution in [0.3, 0.4) is 0 Å². The van der Waals surface area contributed by atoms with Gasteiger partial charge in [-0.1, -0.05) is 47.3 Å². The lowest BCUT2D eigenvalue weighted by molar-refractivity contribution is -0.115. The minimum Gasteiger partial charge on any atom is -0.360 e. The van der Waals surface area contributed by atoms with E-state index in [4.69, 9.17) is 10.4 Å². The smallest absolute Gasteiger partial charge is 0.282 e. The van der Waals surface area contributed by atoms with Crippen LogP contribution in [0.25, 0.3) is 21.3 Å². The third-order valence-electron chi connectivity index (χ3n) is 4.22. The number of fused-ring (bicyclic) bond motifs is 1. The number of nitrogen functional groups attached to an aromatic ring is 1. The molecule has 0 aliphatic carbocycles. The van der Waals surface area contributed by atoms with Gasteiger partial charge in [-0.25, -0.2) is 9.66 Å². The molecular formula is C19H17N5O3S2. The van der Waals surface area contributed by atoms with E-state index in [-0.39, 0.29) is 16.6 Å². The summed E-state index contributed by atoms with van der Waals surface area (Å²) < 4.78 is 5.93. The zero-order valence-corrected chi connectivity index (χ0v) is 17.2. The maximum absolute atomic E-state index is 12.9. The highest BCUT2D eigenvalue weighted by Crippen LogP contribution is 2.32. The van der Waals surface area contributed by atoms with Crippen LogP contribution in [0.5, 0.6) is 0 Å². The van der Waals surface area contributed by atoms with Gasteiger partial charge < -0.3 is 15.7 Å². The van der Waals surface area contributed by atoms with E-state index in [9.17, 15) is 9.59 Å². The first-order valence-corrected chi connectivity index (χ1v) is 10.5. The number of hydrogen-bond donors (Lipinski definition) is 2. The third kappa shape index (κ3) is 3.76. The molecule has 10 heteroatoms. The molecule has 3 heterocycles. The molecule has 29 heavy (non-hydrogen) atoms. The maximum Gasteiger partial charge on any atom is 0.282 e. The van der Waals surface area contributed by atoms with Gasteiger partial charge in [0.1, 0.15) is 10.6 Å². The van der Waals surface area contributed by atoms with Gasteiger partial charge in [-0.2, -0.15) is 0 Å². The van der Waals surface area contributed by atoms with Gasteiger partial charge in [-0.3, -0.25) is 9.59 Å². The number of thiophene rings is 1. The number of aromatic nitrogens is 3. The van der Waals surface area contributed by atoms with E-state index in [0.717, 1.165) is 27.6 Å². The maximum atomic E-state index is 12.9. The molecule has 1 atom stereocenters. The summed E-state index contributed by atoms with van der Waals surface area (Å²) in [4.78, 5) is 30.4. The summed E-state index contributed by atoms with van der Waals surface area (Å²) in [6, 6.07) is 11.2. The fourth-order valence-electron chi connectivity index (χ4n) is 2.76. The topological polar surface area (TPSA) is 116 Å². The van der Waals surface area contributed by atoms with Gasteiger partial charge >= 0.3 is 0 Å². The molecule has 0 saturated carbocycles. The number of rotatable bonds is 5. The molecule has 0 fully saturated rings. The second-order valence-electron chi connectivity index (χ2n) is 6.34. The van der Waals surface area contributed by atoms with Crippen molar-refractivity contribution in [1.82, 2.24) is 14.8 Å². The number of amides is 1. The van der Waals surface area contributed by atoms with Gasteiger partial charge in [-0.15, -0.1) is 11.3 Å². The average Bonchev–Trinajstić information content (AvgIpc) is 3.32. The molecule has 0 bridgehead atoms. The van der Waals surface area contributed by atoms with Crippen LogP contribution >= 0.6 is 23.1 Å². The van der Waals surface area contributed by atoms with E-state index in [2.05, 4.69) is 15.5 Å². The summed E-state index contributed by atoms with van der Waals surface area (Å²) in [6.45, 7) is 3.44. The summed E-state index contributed by atoms with van der Waals surface area (Å²) in [7, 11) is 0. The second kappa shape index (κ2) is 7.72. The van der Waals surface area contributed by atoms with Gasteiger partial charge in [0.2, 0.25) is 5.91 Å². The summed E-state index contributed by atoms with van der Waals surface area (Å²) in [5.74, 6) is 6.65. The Hall–Kier alpha value is -3.11. The molecule has 8 nitrogen and oxygen atoms in total. The SMILES string of the molecule is Cc1cc(NC(=O)C(C)Sc2nc3scc(-c4ccccc4)c3c(=O)n2N)no1. The van der Waals surface area contributed by atoms with Gasteiger partial charge in [0.15, 0.2) is 11.0 Å². The van der Waals surface area contributed by atoms with Crippen LogP contribution in [-0.2, 0) is 4.79 Å². The van der Waals surface area contributed by atoms with Crippen molar-refractivity contribution in [3.63, 3.8) is 0 Å². The number of thioether (sulfide) groups is 1. The molecule has 0 saturated heterocycles. The lowest BCUT2D eigenvalue weighted by Crippen LogP contribution is -2.31. The van der Waals surface area contributed by atoms with Crippen LogP contribution in [0.1, 0.15) is 12.7 Å². The number of nitrogens with zero attached hydrogens (tertiary/aromatic N) is 3. The Balaban J connectivity index is 1.62. The van der Waals surface area contributed by atoms with Gasteiger partial charge in [-0.05, 0) is 19.4 Å². The first-order chi connectivity index (χ1) is 13.9. The highest BCUT2D eigenvalue weighted by Gasteiger charge is 2.21. The van der Waals surface area contributed by atoms with Gasteiger partial charge in [0.05, 0.1) is 10.6 Å². The number of carbonyl (C=O) groups excluding carboxylic acids is 1. The number of nitrogens with one attached hydrogen (secondary N) is 1. The first-order valence-electron chi connectivity index (χ1n) is 8.69. The fourth-order valence-corrected chi connectivity index (χ4v) is 4.58. The molecule has 3 N–H and O–H groups in total. The minimum absolute atomic E-state index is 0.267. The van der Waals surface area contributed by atoms with Crippen molar-refractivity contribution in [2.24, 2.45) is 0 Å². The van der Waals surface area contributed by atoms with Crippen molar-refractivity contribution in [2.45, 2.75) is 24.3 Å². The number of benzene rings is 1. The van der Waals surface area contributed by atoms with E-state index in [0.29, 0.717) is 21.8 Å². The molecule has 0 aliphatic heterocycles. The molecule has 1 unspecified atom stereocenters. The van der Waals surface area contributed by atoms with Crippen LogP contribution in [0.2, 0.25) is 0 Å². The van der Waals surface area contributed by atoms with Crippen LogP contribution < -0.4 is 16.7 Å². The van der Waals surface area contributed by atoms with Crippen molar-refractivity contribution in [3.8, 4) is 11.1 Å². The van der Waals surface area contributed by atoms with Crippen molar-refractivity contribution < 1.29 is 9.32 Å². The fraction of sp³-hybridized carbons (Fsp3) is 0.158. The zero-order chi connectivity index (χ0) is 20.5. The molecule has 1 amide bonds. The Kier molecular flexibility index (Phi) is 5.12. The van der Waals surface area contributed by atoms with Crippen molar-refractivity contribution in [3.05, 3.63) is 57.9 Å². The monoisotopic (exact) mass is 427 g/mol. The first kappa shape index (κ1) is 19.2. The predicted molar refractivity (Wildman–Crippen MR) is 115 cm³/mol. The second-order valence-corrected chi connectivity index (χ2v) is 8.50. The summed E-state index contributed by atoms with van der Waals surface area (Å²) in [5, 5.41) is 8.48. The Labute approximate surface area is 173 Å². The quantitative estimate of drug-likeness (QED) is 0.285. The van der Waals surface area contributed by atoms with Crippen LogP contribution in [-0.4, -0.2) is 26.0 Å². The van der Waals surface area contributed by atoms with Crippen LogP contribution in [0, 0.1) is 6.92 Å². The Morgan fingerprint density at radius 2 is 2.10 bits per heavy atom. The summed E-state index contributed by atoms with van der Waals surface area (Å²) in [6.07, 6.45) is 0. The van der Waals surface area contributed by atoms with E-state index in [1.54, 1.807) is 19.9 Å². The average molecular weight is 428 g/mol. The number of carbonyl (C=O) groups is 1. The van der Waals surface area contributed by atoms with Crippen molar-refractivity contribution in [1.29, 1.82) is 0 Å². The van der Waals surface area contributed by atoms with Gasteiger partial charge in [0.25, 0.3) is 5.56 Å². The Morgan fingerprint density at radius 3 is 2.79 bits per heavy atom. The zero-order valence-electron chi connectivity index (χ0n) is 15.6. The van der Waals surface area contributed by atoms with Crippen LogP contribution in [0.4, 0.5) is 5.82 Å². The lowest BCUT2D eigenvalue weighted by Gasteiger charge is -2.12. The molecule has 0 radical (unpaired) electrons. The number of nitrogens with two attached hydrogens (primary N) is 1. The molecule has 0 aliphatic rings.